The molecule has 6 nitrogen and oxygen atoms in total. The predicted molar refractivity (Wildman–Crippen MR) is 79.8 cm³/mol. The van der Waals surface area contributed by atoms with Crippen LogP contribution < -0.4 is 5.32 Å². The van der Waals surface area contributed by atoms with Crippen molar-refractivity contribution in [1.29, 1.82) is 0 Å². The molecule has 1 atom stereocenters. The standard InChI is InChI=1S/C15H20N4O2/c1-10(6-7-20)9-16-15(21)13-5-3-4-12(8-13)14-17-11(2)18-19-14/h3-5,8,10,20H,6-7,9H2,1-2H3,(H,16,21)(H,17,18,19). The fourth-order valence-electron chi connectivity index (χ4n) is 1.96. The summed E-state index contributed by atoms with van der Waals surface area (Å²) in [4.78, 5) is 16.4. The first-order valence-electron chi connectivity index (χ1n) is 6.98. The first kappa shape index (κ1) is 15.2. The van der Waals surface area contributed by atoms with Crippen molar-refractivity contribution in [3.63, 3.8) is 0 Å². The number of carbonyl (C=O) groups excluding carboxylic acids is 1. The molecule has 6 heteroatoms. The van der Waals surface area contributed by atoms with E-state index in [1.807, 2.05) is 26.0 Å². The number of aryl methyl sites for hydroxylation is 1. The zero-order valence-corrected chi connectivity index (χ0v) is 12.3. The van der Waals surface area contributed by atoms with Gasteiger partial charge in [-0.05, 0) is 31.4 Å². The molecule has 2 rings (SSSR count). The van der Waals surface area contributed by atoms with Crippen LogP contribution in [0.5, 0.6) is 0 Å². The minimum absolute atomic E-state index is 0.131. The number of benzene rings is 1. The van der Waals surface area contributed by atoms with Crippen LogP contribution in [0, 0.1) is 12.8 Å². The molecule has 2 aromatic rings. The molecule has 0 aliphatic heterocycles. The summed E-state index contributed by atoms with van der Waals surface area (Å²) in [6.45, 7) is 4.50. The van der Waals surface area contributed by atoms with Crippen LogP contribution in [0.3, 0.4) is 0 Å². The maximum atomic E-state index is 12.1. The van der Waals surface area contributed by atoms with Gasteiger partial charge in [0.1, 0.15) is 5.82 Å². The maximum Gasteiger partial charge on any atom is 0.251 e. The largest absolute Gasteiger partial charge is 0.396 e. The van der Waals surface area contributed by atoms with E-state index >= 15 is 0 Å². The number of nitrogens with zero attached hydrogens (tertiary/aromatic N) is 2. The Hall–Kier alpha value is -2.21. The number of aromatic amines is 1. The lowest BCUT2D eigenvalue weighted by Crippen LogP contribution is -2.28. The topological polar surface area (TPSA) is 90.9 Å². The maximum absolute atomic E-state index is 12.1. The number of hydrogen-bond donors (Lipinski definition) is 3. The molecular formula is C15H20N4O2. The van der Waals surface area contributed by atoms with Crippen LogP contribution in [0.25, 0.3) is 11.4 Å². The molecule has 0 fully saturated rings. The van der Waals surface area contributed by atoms with Gasteiger partial charge in [-0.3, -0.25) is 9.89 Å². The van der Waals surface area contributed by atoms with Gasteiger partial charge in [-0.1, -0.05) is 19.1 Å². The summed E-state index contributed by atoms with van der Waals surface area (Å²) in [5, 5.41) is 18.6. The molecule has 0 aliphatic carbocycles. The Morgan fingerprint density at radius 1 is 1.48 bits per heavy atom. The third kappa shape index (κ3) is 4.13. The van der Waals surface area contributed by atoms with Gasteiger partial charge in [-0.15, -0.1) is 0 Å². The van der Waals surface area contributed by atoms with Gasteiger partial charge in [0.25, 0.3) is 5.91 Å². The Morgan fingerprint density at radius 3 is 2.95 bits per heavy atom. The van der Waals surface area contributed by atoms with Crippen molar-refractivity contribution in [2.45, 2.75) is 20.3 Å². The zero-order chi connectivity index (χ0) is 15.2. The molecule has 1 aromatic carbocycles. The molecule has 0 bridgehead atoms. The van der Waals surface area contributed by atoms with Gasteiger partial charge < -0.3 is 10.4 Å². The average molecular weight is 288 g/mol. The quantitative estimate of drug-likeness (QED) is 0.751. The fraction of sp³-hybridized carbons (Fsp3) is 0.400. The van der Waals surface area contributed by atoms with Crippen LogP contribution in [-0.4, -0.2) is 39.3 Å². The third-order valence-corrected chi connectivity index (χ3v) is 3.21. The second-order valence-corrected chi connectivity index (χ2v) is 5.15. The number of H-pyrrole nitrogens is 1. The first-order chi connectivity index (χ1) is 10.1. The van der Waals surface area contributed by atoms with E-state index in [0.29, 0.717) is 24.4 Å². The van der Waals surface area contributed by atoms with Gasteiger partial charge >= 0.3 is 0 Å². The number of aliphatic hydroxyl groups is 1. The third-order valence-electron chi connectivity index (χ3n) is 3.21. The molecule has 3 N–H and O–H groups in total. The highest BCUT2D eigenvalue weighted by molar-refractivity contribution is 5.95. The number of nitrogens with one attached hydrogen (secondary N) is 2. The van der Waals surface area contributed by atoms with Crippen molar-refractivity contribution in [2.75, 3.05) is 13.2 Å². The van der Waals surface area contributed by atoms with Crippen LogP contribution in [0.1, 0.15) is 29.5 Å². The van der Waals surface area contributed by atoms with Gasteiger partial charge in [0, 0.05) is 24.3 Å². The predicted octanol–water partition coefficient (Wildman–Crippen LogP) is 1.53. The lowest BCUT2D eigenvalue weighted by molar-refractivity contribution is 0.0945. The van der Waals surface area contributed by atoms with Crippen molar-refractivity contribution in [3.8, 4) is 11.4 Å². The van der Waals surface area contributed by atoms with Crippen molar-refractivity contribution >= 4 is 5.91 Å². The van der Waals surface area contributed by atoms with E-state index in [4.69, 9.17) is 5.11 Å². The van der Waals surface area contributed by atoms with Crippen molar-refractivity contribution in [1.82, 2.24) is 20.5 Å². The molecule has 0 saturated heterocycles. The molecule has 1 unspecified atom stereocenters. The molecule has 0 spiro atoms. The van der Waals surface area contributed by atoms with E-state index in [2.05, 4.69) is 20.5 Å². The summed E-state index contributed by atoms with van der Waals surface area (Å²) in [5.41, 5.74) is 1.38. The molecule has 1 amide bonds. The lowest BCUT2D eigenvalue weighted by atomic mass is 10.1. The smallest absolute Gasteiger partial charge is 0.251 e. The van der Waals surface area contributed by atoms with E-state index in [1.165, 1.54) is 0 Å². The van der Waals surface area contributed by atoms with E-state index in [1.54, 1.807) is 12.1 Å². The highest BCUT2D eigenvalue weighted by atomic mass is 16.3. The SMILES string of the molecule is Cc1nc(-c2cccc(C(=O)NCC(C)CCO)c2)n[nH]1. The van der Waals surface area contributed by atoms with E-state index < -0.39 is 0 Å². The second-order valence-electron chi connectivity index (χ2n) is 5.15. The highest BCUT2D eigenvalue weighted by Crippen LogP contribution is 2.16. The Labute approximate surface area is 123 Å². The van der Waals surface area contributed by atoms with Crippen LogP contribution >= 0.6 is 0 Å². The van der Waals surface area contributed by atoms with Crippen LogP contribution in [-0.2, 0) is 0 Å². The highest BCUT2D eigenvalue weighted by Gasteiger charge is 2.10. The average Bonchev–Trinajstić information content (AvgIpc) is 2.92. The number of rotatable bonds is 6. The van der Waals surface area contributed by atoms with Gasteiger partial charge in [-0.2, -0.15) is 5.10 Å². The molecule has 1 aromatic heterocycles. The first-order valence-corrected chi connectivity index (χ1v) is 6.98. The summed E-state index contributed by atoms with van der Waals surface area (Å²) in [6.07, 6.45) is 0.677. The van der Waals surface area contributed by atoms with Crippen LogP contribution in [0.15, 0.2) is 24.3 Å². The van der Waals surface area contributed by atoms with Gasteiger partial charge in [-0.25, -0.2) is 4.98 Å². The Balaban J connectivity index is 2.05. The van der Waals surface area contributed by atoms with E-state index in [0.717, 1.165) is 11.4 Å². The summed E-state index contributed by atoms with van der Waals surface area (Å²) < 4.78 is 0. The molecule has 1 heterocycles. The number of aromatic nitrogens is 3. The lowest BCUT2D eigenvalue weighted by Gasteiger charge is -2.11. The molecule has 21 heavy (non-hydrogen) atoms. The minimum atomic E-state index is -0.131. The fourth-order valence-corrected chi connectivity index (χ4v) is 1.96. The van der Waals surface area contributed by atoms with E-state index in [-0.39, 0.29) is 18.4 Å². The van der Waals surface area contributed by atoms with E-state index in [9.17, 15) is 4.79 Å². The molecular weight excluding hydrogens is 268 g/mol. The van der Waals surface area contributed by atoms with Crippen molar-refractivity contribution < 1.29 is 9.90 Å². The van der Waals surface area contributed by atoms with Crippen molar-refractivity contribution in [3.05, 3.63) is 35.7 Å². The van der Waals surface area contributed by atoms with Gasteiger partial charge in [0.05, 0.1) is 0 Å². The molecule has 0 radical (unpaired) electrons. The molecule has 0 saturated carbocycles. The summed E-state index contributed by atoms with van der Waals surface area (Å²) in [5.74, 6) is 1.43. The van der Waals surface area contributed by atoms with Gasteiger partial charge in [0.15, 0.2) is 5.82 Å². The molecule has 112 valence electrons. The number of hydrogen-bond acceptors (Lipinski definition) is 4. The Bertz CT molecular complexity index is 609. The number of carbonyl (C=O) groups is 1. The summed E-state index contributed by atoms with van der Waals surface area (Å²) in [6, 6.07) is 7.21. The minimum Gasteiger partial charge on any atom is -0.396 e. The van der Waals surface area contributed by atoms with Crippen molar-refractivity contribution in [2.24, 2.45) is 5.92 Å². The van der Waals surface area contributed by atoms with Crippen LogP contribution in [0.4, 0.5) is 0 Å². The Morgan fingerprint density at radius 2 is 2.29 bits per heavy atom. The monoisotopic (exact) mass is 288 g/mol. The van der Waals surface area contributed by atoms with Gasteiger partial charge in [0.2, 0.25) is 0 Å². The normalized spacial score (nSPS) is 12.1. The second kappa shape index (κ2) is 6.99. The number of amides is 1. The Kier molecular flexibility index (Phi) is 5.05. The van der Waals surface area contributed by atoms with Crippen LogP contribution in [0.2, 0.25) is 0 Å². The number of aliphatic hydroxyl groups excluding tert-OH is 1. The summed E-state index contributed by atoms with van der Waals surface area (Å²) >= 11 is 0. The summed E-state index contributed by atoms with van der Waals surface area (Å²) in [7, 11) is 0. The zero-order valence-electron chi connectivity index (χ0n) is 12.3. The molecule has 0 aliphatic rings.